The van der Waals surface area contributed by atoms with Gasteiger partial charge in [0.15, 0.2) is 0 Å². The van der Waals surface area contributed by atoms with E-state index in [2.05, 4.69) is 150 Å². The van der Waals surface area contributed by atoms with Crippen molar-refractivity contribution in [3.63, 3.8) is 0 Å². The SMILES string of the molecule is c1ccc(-c2cccc(-c3ccc(N4c5ccccc5Sc5cc(-c6nc7ccccc7s6)ccc54)cc3)c2)cc1. The van der Waals surface area contributed by atoms with Crippen molar-refractivity contribution >= 4 is 50.4 Å². The Morgan fingerprint density at radius 1 is 0.463 bits per heavy atom. The molecule has 0 N–H and O–H groups in total. The number of anilines is 3. The quantitative estimate of drug-likeness (QED) is 0.213. The summed E-state index contributed by atoms with van der Waals surface area (Å²) in [6.07, 6.45) is 0. The highest BCUT2D eigenvalue weighted by atomic mass is 32.2. The van der Waals surface area contributed by atoms with Crippen molar-refractivity contribution in [3.05, 3.63) is 146 Å². The van der Waals surface area contributed by atoms with Crippen LogP contribution in [0.2, 0.25) is 0 Å². The predicted octanol–water partition coefficient (Wildman–Crippen LogP) is 11.2. The number of hydrogen-bond donors (Lipinski definition) is 0. The van der Waals surface area contributed by atoms with Crippen molar-refractivity contribution in [2.75, 3.05) is 4.90 Å². The fourth-order valence-electron chi connectivity index (χ4n) is 5.48. The van der Waals surface area contributed by atoms with E-state index in [-0.39, 0.29) is 0 Å². The molecule has 8 rings (SSSR count). The van der Waals surface area contributed by atoms with Gasteiger partial charge in [-0.15, -0.1) is 11.3 Å². The van der Waals surface area contributed by atoms with Crippen molar-refractivity contribution in [2.45, 2.75) is 9.79 Å². The molecule has 4 heteroatoms. The van der Waals surface area contributed by atoms with E-state index in [1.807, 2.05) is 11.8 Å². The lowest BCUT2D eigenvalue weighted by atomic mass is 9.99. The molecule has 0 aliphatic carbocycles. The van der Waals surface area contributed by atoms with Gasteiger partial charge in [-0.25, -0.2) is 4.98 Å². The largest absolute Gasteiger partial charge is 0.308 e. The van der Waals surface area contributed by atoms with Gasteiger partial charge in [-0.1, -0.05) is 96.7 Å². The molecule has 194 valence electrons. The smallest absolute Gasteiger partial charge is 0.124 e. The fraction of sp³-hybridized carbons (Fsp3) is 0. The summed E-state index contributed by atoms with van der Waals surface area (Å²) >= 11 is 3.58. The van der Waals surface area contributed by atoms with Crippen LogP contribution in [0.3, 0.4) is 0 Å². The lowest BCUT2D eigenvalue weighted by Crippen LogP contribution is -2.14. The molecule has 0 unspecified atom stereocenters. The first-order chi connectivity index (χ1) is 20.3. The van der Waals surface area contributed by atoms with Crippen molar-refractivity contribution in [1.82, 2.24) is 4.98 Å². The molecule has 0 bridgehead atoms. The lowest BCUT2D eigenvalue weighted by molar-refractivity contribution is 1.17. The number of para-hydroxylation sites is 2. The topological polar surface area (TPSA) is 16.1 Å². The maximum atomic E-state index is 4.91. The third-order valence-corrected chi connectivity index (χ3v) is 9.69. The molecule has 1 aliphatic heterocycles. The Morgan fingerprint density at radius 3 is 1.95 bits per heavy atom. The molecule has 0 saturated carbocycles. The zero-order chi connectivity index (χ0) is 27.2. The summed E-state index contributed by atoms with van der Waals surface area (Å²) in [5.41, 5.74) is 10.6. The molecular weight excluding hydrogens is 537 g/mol. The zero-order valence-corrected chi connectivity index (χ0v) is 23.7. The summed E-state index contributed by atoms with van der Waals surface area (Å²) in [5.74, 6) is 0. The van der Waals surface area contributed by atoms with Crippen LogP contribution in [0.1, 0.15) is 0 Å². The van der Waals surface area contributed by atoms with E-state index in [9.17, 15) is 0 Å². The zero-order valence-electron chi connectivity index (χ0n) is 22.1. The Bertz CT molecular complexity index is 1990. The van der Waals surface area contributed by atoms with E-state index in [0.29, 0.717) is 0 Å². The van der Waals surface area contributed by atoms with E-state index in [1.165, 1.54) is 48.1 Å². The van der Waals surface area contributed by atoms with E-state index < -0.39 is 0 Å². The van der Waals surface area contributed by atoms with Gasteiger partial charge in [0, 0.05) is 21.0 Å². The minimum absolute atomic E-state index is 1.05. The molecule has 0 radical (unpaired) electrons. The average molecular weight is 561 g/mol. The highest BCUT2D eigenvalue weighted by molar-refractivity contribution is 7.99. The molecule has 1 aliphatic rings. The molecule has 2 heterocycles. The maximum Gasteiger partial charge on any atom is 0.124 e. The third kappa shape index (κ3) is 4.42. The van der Waals surface area contributed by atoms with Gasteiger partial charge in [0.25, 0.3) is 0 Å². The van der Waals surface area contributed by atoms with Crippen molar-refractivity contribution in [1.29, 1.82) is 0 Å². The maximum absolute atomic E-state index is 4.91. The number of thiazole rings is 1. The van der Waals surface area contributed by atoms with Gasteiger partial charge in [-0.2, -0.15) is 0 Å². The molecule has 41 heavy (non-hydrogen) atoms. The number of benzene rings is 6. The Hall–Kier alpha value is -4.64. The molecule has 0 amide bonds. The summed E-state index contributed by atoms with van der Waals surface area (Å²) in [6.45, 7) is 0. The molecule has 0 atom stereocenters. The predicted molar refractivity (Wildman–Crippen MR) is 175 cm³/mol. The number of hydrogen-bond acceptors (Lipinski definition) is 4. The summed E-state index contributed by atoms with van der Waals surface area (Å²) in [7, 11) is 0. The molecule has 1 aromatic heterocycles. The second kappa shape index (κ2) is 10.1. The van der Waals surface area contributed by atoms with Gasteiger partial charge in [-0.05, 0) is 82.9 Å². The summed E-state index contributed by atoms with van der Waals surface area (Å²) in [6, 6.07) is 52.1. The Labute approximate surface area is 247 Å². The second-order valence-corrected chi connectivity index (χ2v) is 12.2. The van der Waals surface area contributed by atoms with E-state index >= 15 is 0 Å². The van der Waals surface area contributed by atoms with Gasteiger partial charge in [0.1, 0.15) is 5.01 Å². The molecular formula is C37H24N2S2. The van der Waals surface area contributed by atoms with Crippen molar-refractivity contribution < 1.29 is 0 Å². The van der Waals surface area contributed by atoms with Crippen molar-refractivity contribution in [2.24, 2.45) is 0 Å². The minimum Gasteiger partial charge on any atom is -0.308 e. The molecule has 0 spiro atoms. The first-order valence-electron chi connectivity index (χ1n) is 13.6. The molecule has 2 nitrogen and oxygen atoms in total. The van der Waals surface area contributed by atoms with Gasteiger partial charge < -0.3 is 4.90 Å². The third-order valence-electron chi connectivity index (χ3n) is 7.50. The van der Waals surface area contributed by atoms with Crippen LogP contribution in [-0.2, 0) is 0 Å². The van der Waals surface area contributed by atoms with Crippen LogP contribution in [0.5, 0.6) is 0 Å². The van der Waals surface area contributed by atoms with E-state index in [0.717, 1.165) is 21.8 Å². The first kappa shape index (κ1) is 24.2. The van der Waals surface area contributed by atoms with E-state index in [4.69, 9.17) is 4.98 Å². The summed E-state index contributed by atoms with van der Waals surface area (Å²) < 4.78 is 1.22. The summed E-state index contributed by atoms with van der Waals surface area (Å²) in [5, 5.41) is 1.06. The monoisotopic (exact) mass is 560 g/mol. The fourth-order valence-corrected chi connectivity index (χ4v) is 7.53. The van der Waals surface area contributed by atoms with Crippen LogP contribution < -0.4 is 4.90 Å². The van der Waals surface area contributed by atoms with Gasteiger partial charge >= 0.3 is 0 Å². The lowest BCUT2D eigenvalue weighted by Gasteiger charge is -2.33. The number of fused-ring (bicyclic) bond motifs is 3. The molecule has 7 aromatic rings. The Morgan fingerprint density at radius 2 is 1.12 bits per heavy atom. The van der Waals surface area contributed by atoms with Crippen LogP contribution in [0, 0.1) is 0 Å². The standard InChI is InChI=1S/C37H24N2S2/c1-2-9-25(10-3-1)27-11-8-12-28(23-27)26-17-20-30(21-18-26)39-32-14-5-7-16-35(32)40-36-24-29(19-22-33(36)39)37-38-31-13-4-6-15-34(31)41-37/h1-24H. The average Bonchev–Trinajstić information content (AvgIpc) is 3.49. The van der Waals surface area contributed by atoms with Crippen molar-refractivity contribution in [3.8, 4) is 32.8 Å². The normalized spacial score (nSPS) is 12.2. The molecule has 0 saturated heterocycles. The highest BCUT2D eigenvalue weighted by Crippen LogP contribution is 2.52. The van der Waals surface area contributed by atoms with Crippen LogP contribution >= 0.6 is 23.1 Å². The van der Waals surface area contributed by atoms with Gasteiger partial charge in [-0.3, -0.25) is 0 Å². The van der Waals surface area contributed by atoms with Gasteiger partial charge in [0.2, 0.25) is 0 Å². The molecule has 0 fully saturated rings. The Kier molecular flexibility index (Phi) is 5.94. The Balaban J connectivity index is 1.17. The second-order valence-electron chi connectivity index (χ2n) is 10.1. The van der Waals surface area contributed by atoms with Crippen LogP contribution in [-0.4, -0.2) is 4.98 Å². The van der Waals surface area contributed by atoms with Crippen LogP contribution in [0.15, 0.2) is 155 Å². The minimum atomic E-state index is 1.05. The first-order valence-corrected chi connectivity index (χ1v) is 15.3. The van der Waals surface area contributed by atoms with E-state index in [1.54, 1.807) is 11.3 Å². The van der Waals surface area contributed by atoms with Crippen LogP contribution in [0.25, 0.3) is 43.0 Å². The number of rotatable bonds is 4. The number of aromatic nitrogens is 1. The summed E-state index contributed by atoms with van der Waals surface area (Å²) in [4.78, 5) is 9.78. The highest BCUT2D eigenvalue weighted by Gasteiger charge is 2.25. The number of nitrogens with zero attached hydrogens (tertiary/aromatic N) is 2. The molecule has 6 aromatic carbocycles. The van der Waals surface area contributed by atoms with Gasteiger partial charge in [0.05, 0.1) is 21.6 Å². The van der Waals surface area contributed by atoms with Crippen LogP contribution in [0.4, 0.5) is 17.1 Å².